The number of aromatic nitrogens is 1. The highest BCUT2D eigenvalue weighted by molar-refractivity contribution is 7.07. The van der Waals surface area contributed by atoms with Gasteiger partial charge in [-0.1, -0.05) is 12.1 Å². The van der Waals surface area contributed by atoms with Crippen LogP contribution < -0.4 is 4.90 Å². The van der Waals surface area contributed by atoms with Gasteiger partial charge in [-0.15, -0.1) is 11.3 Å². The Morgan fingerprint density at radius 3 is 2.43 bits per heavy atom. The molecule has 0 unspecified atom stereocenters. The molecule has 1 aromatic carbocycles. The Balaban J connectivity index is 2.31. The number of anilines is 1. The van der Waals surface area contributed by atoms with Gasteiger partial charge in [0.15, 0.2) is 5.51 Å². The molecule has 0 saturated carbocycles. The summed E-state index contributed by atoms with van der Waals surface area (Å²) in [6.07, 6.45) is 0. The third kappa shape index (κ3) is 1.77. The zero-order valence-electron chi connectivity index (χ0n) is 8.19. The van der Waals surface area contributed by atoms with Crippen LogP contribution in [0.1, 0.15) is 0 Å². The van der Waals surface area contributed by atoms with Crippen molar-refractivity contribution in [3.8, 4) is 11.3 Å². The van der Waals surface area contributed by atoms with Crippen LogP contribution >= 0.6 is 11.3 Å². The smallest absolute Gasteiger partial charge is 0.152 e. The van der Waals surface area contributed by atoms with Gasteiger partial charge >= 0.3 is 0 Å². The molecule has 3 heteroatoms. The first kappa shape index (κ1) is 9.21. The van der Waals surface area contributed by atoms with E-state index in [1.54, 1.807) is 0 Å². The van der Waals surface area contributed by atoms with Crippen LogP contribution in [-0.4, -0.2) is 19.1 Å². The summed E-state index contributed by atoms with van der Waals surface area (Å²) < 4.78 is 0. The van der Waals surface area contributed by atoms with Crippen LogP contribution in [0.5, 0.6) is 0 Å². The zero-order chi connectivity index (χ0) is 9.97. The number of nitrogens with zero attached hydrogens (tertiary/aromatic N) is 2. The SMILES string of the molecule is CN(C)c1ccc(-c2cs[c]n2)cc1. The monoisotopic (exact) mass is 203 g/mol. The molecule has 0 amide bonds. The molecule has 0 aliphatic rings. The molecule has 0 N–H and O–H groups in total. The molecule has 1 radical (unpaired) electrons. The molecule has 14 heavy (non-hydrogen) atoms. The van der Waals surface area contributed by atoms with E-state index in [1.165, 1.54) is 17.0 Å². The summed E-state index contributed by atoms with van der Waals surface area (Å²) in [7, 11) is 4.07. The maximum Gasteiger partial charge on any atom is 0.152 e. The fourth-order valence-electron chi connectivity index (χ4n) is 1.25. The lowest BCUT2D eigenvalue weighted by Gasteiger charge is -2.11. The van der Waals surface area contributed by atoms with E-state index in [0.29, 0.717) is 0 Å². The van der Waals surface area contributed by atoms with E-state index in [0.717, 1.165) is 11.3 Å². The van der Waals surface area contributed by atoms with Crippen molar-refractivity contribution in [2.75, 3.05) is 19.0 Å². The summed E-state index contributed by atoms with van der Waals surface area (Å²) in [6, 6.07) is 8.35. The molecule has 0 spiro atoms. The highest BCUT2D eigenvalue weighted by Crippen LogP contribution is 2.21. The minimum absolute atomic E-state index is 1.00. The van der Waals surface area contributed by atoms with E-state index in [1.807, 2.05) is 19.5 Å². The summed E-state index contributed by atoms with van der Waals surface area (Å²) in [5, 5.41) is 2.00. The van der Waals surface area contributed by atoms with Gasteiger partial charge in [0.25, 0.3) is 0 Å². The minimum atomic E-state index is 1.00. The van der Waals surface area contributed by atoms with E-state index in [4.69, 9.17) is 0 Å². The van der Waals surface area contributed by atoms with Crippen molar-refractivity contribution in [1.29, 1.82) is 0 Å². The number of hydrogen-bond acceptors (Lipinski definition) is 3. The van der Waals surface area contributed by atoms with Gasteiger partial charge in [-0.2, -0.15) is 0 Å². The Morgan fingerprint density at radius 1 is 1.21 bits per heavy atom. The van der Waals surface area contributed by atoms with E-state index in [-0.39, 0.29) is 0 Å². The number of thiazole rings is 1. The maximum atomic E-state index is 4.14. The van der Waals surface area contributed by atoms with Crippen LogP contribution in [0.2, 0.25) is 0 Å². The summed E-state index contributed by atoms with van der Waals surface area (Å²) in [6.45, 7) is 0. The topological polar surface area (TPSA) is 16.1 Å². The lowest BCUT2D eigenvalue weighted by atomic mass is 10.1. The van der Waals surface area contributed by atoms with Crippen molar-refractivity contribution in [3.63, 3.8) is 0 Å². The average Bonchev–Trinajstić information content (AvgIpc) is 2.71. The van der Waals surface area contributed by atoms with Gasteiger partial charge in [0.05, 0.1) is 5.69 Å². The number of benzene rings is 1. The van der Waals surface area contributed by atoms with E-state index in [9.17, 15) is 0 Å². The normalized spacial score (nSPS) is 10.1. The van der Waals surface area contributed by atoms with Crippen LogP contribution in [0.15, 0.2) is 29.6 Å². The highest BCUT2D eigenvalue weighted by atomic mass is 32.1. The average molecular weight is 203 g/mol. The first-order chi connectivity index (χ1) is 6.77. The summed E-state index contributed by atoms with van der Waals surface area (Å²) in [4.78, 5) is 6.22. The molecular weight excluding hydrogens is 192 g/mol. The van der Waals surface area contributed by atoms with Gasteiger partial charge in [0.1, 0.15) is 0 Å². The van der Waals surface area contributed by atoms with Gasteiger partial charge in [-0.05, 0) is 12.1 Å². The Kier molecular flexibility index (Phi) is 2.50. The molecule has 2 nitrogen and oxygen atoms in total. The fourth-order valence-corrected chi connectivity index (χ4v) is 1.75. The number of rotatable bonds is 2. The van der Waals surface area contributed by atoms with Gasteiger partial charge in [0.2, 0.25) is 0 Å². The molecule has 1 aromatic heterocycles. The third-order valence-corrected chi connectivity index (χ3v) is 2.61. The predicted molar refractivity (Wildman–Crippen MR) is 60.7 cm³/mol. The molecule has 1 heterocycles. The van der Waals surface area contributed by atoms with Crippen LogP contribution in [0.25, 0.3) is 11.3 Å². The second-order valence-corrected chi connectivity index (χ2v) is 3.92. The molecule has 2 rings (SSSR count). The predicted octanol–water partition coefficient (Wildman–Crippen LogP) is 2.68. The molecule has 0 saturated heterocycles. The first-order valence-corrected chi connectivity index (χ1v) is 5.24. The van der Waals surface area contributed by atoms with Gasteiger partial charge in [-0.25, -0.2) is 4.98 Å². The summed E-state index contributed by atoms with van der Waals surface area (Å²) in [5.74, 6) is 0. The summed E-state index contributed by atoms with van der Waals surface area (Å²) in [5.41, 5.74) is 6.20. The van der Waals surface area contributed by atoms with Gasteiger partial charge in [-0.3, -0.25) is 0 Å². The van der Waals surface area contributed by atoms with E-state index < -0.39 is 0 Å². The van der Waals surface area contributed by atoms with Crippen molar-refractivity contribution in [1.82, 2.24) is 4.98 Å². The number of hydrogen-bond donors (Lipinski definition) is 0. The van der Waals surface area contributed by atoms with E-state index >= 15 is 0 Å². The van der Waals surface area contributed by atoms with Gasteiger partial charge < -0.3 is 4.90 Å². The minimum Gasteiger partial charge on any atom is -0.378 e. The first-order valence-electron chi connectivity index (χ1n) is 4.37. The molecular formula is C11H11N2S. The van der Waals surface area contributed by atoms with Crippen LogP contribution in [0, 0.1) is 5.51 Å². The molecule has 0 bridgehead atoms. The Bertz CT molecular complexity index is 390. The van der Waals surface area contributed by atoms with Crippen LogP contribution in [-0.2, 0) is 0 Å². The molecule has 0 aliphatic carbocycles. The van der Waals surface area contributed by atoms with Crippen LogP contribution in [0.3, 0.4) is 0 Å². The Labute approximate surface area is 87.8 Å². The lowest BCUT2D eigenvalue weighted by Crippen LogP contribution is -2.07. The van der Waals surface area contributed by atoms with Crippen molar-refractivity contribution in [3.05, 3.63) is 35.2 Å². The Morgan fingerprint density at radius 2 is 1.93 bits per heavy atom. The lowest BCUT2D eigenvalue weighted by molar-refractivity contribution is 1.13. The summed E-state index contributed by atoms with van der Waals surface area (Å²) >= 11 is 1.50. The van der Waals surface area contributed by atoms with Crippen LogP contribution in [0.4, 0.5) is 5.69 Å². The van der Waals surface area contributed by atoms with Crippen molar-refractivity contribution in [2.45, 2.75) is 0 Å². The quantitative estimate of drug-likeness (QED) is 0.746. The highest BCUT2D eigenvalue weighted by Gasteiger charge is 2.00. The van der Waals surface area contributed by atoms with Gasteiger partial charge in [0, 0.05) is 30.7 Å². The zero-order valence-corrected chi connectivity index (χ0v) is 9.01. The third-order valence-electron chi connectivity index (χ3n) is 2.07. The second kappa shape index (κ2) is 3.80. The van der Waals surface area contributed by atoms with Crippen molar-refractivity contribution >= 4 is 17.0 Å². The van der Waals surface area contributed by atoms with Crippen molar-refractivity contribution in [2.24, 2.45) is 0 Å². The molecule has 71 valence electrons. The Hall–Kier alpha value is -1.35. The molecule has 2 aromatic rings. The van der Waals surface area contributed by atoms with E-state index in [2.05, 4.69) is 39.7 Å². The molecule has 0 atom stereocenters. The molecule has 0 fully saturated rings. The fraction of sp³-hybridized carbons (Fsp3) is 0.182. The maximum absolute atomic E-state index is 4.14. The largest absolute Gasteiger partial charge is 0.378 e. The standard InChI is InChI=1S/C11H11N2S/c1-13(2)10-5-3-9(4-6-10)11-7-14-8-12-11/h3-7H,1-2H3. The second-order valence-electron chi connectivity index (χ2n) is 3.27. The molecule has 0 aliphatic heterocycles. The van der Waals surface area contributed by atoms with Crippen molar-refractivity contribution < 1.29 is 0 Å².